The zero-order valence-electron chi connectivity index (χ0n) is 11.6. The Balaban J connectivity index is 1.98. The molecule has 1 aliphatic rings. The molecule has 7 heteroatoms. The van der Waals surface area contributed by atoms with Crippen LogP contribution in [0.4, 0.5) is 10.2 Å². The number of amides is 1. The smallest absolute Gasteiger partial charge is 0.274 e. The van der Waals surface area contributed by atoms with Gasteiger partial charge in [-0.25, -0.2) is 14.4 Å². The van der Waals surface area contributed by atoms with Crippen LogP contribution in [0.25, 0.3) is 0 Å². The topological polar surface area (TPSA) is 81.3 Å². The van der Waals surface area contributed by atoms with Gasteiger partial charge in [0, 0.05) is 6.54 Å². The molecule has 2 rings (SSSR count). The van der Waals surface area contributed by atoms with Crippen molar-refractivity contribution >= 4 is 11.7 Å². The first-order chi connectivity index (χ1) is 9.47. The van der Waals surface area contributed by atoms with Gasteiger partial charge in [-0.1, -0.05) is 0 Å². The molecule has 0 saturated carbocycles. The zero-order chi connectivity index (χ0) is 14.7. The van der Waals surface area contributed by atoms with Crippen LogP contribution in [0, 0.1) is 0 Å². The number of halogens is 1. The molecule has 20 heavy (non-hydrogen) atoms. The minimum Gasteiger partial charge on any atom is -0.382 e. The molecule has 1 aliphatic heterocycles. The van der Waals surface area contributed by atoms with Crippen molar-refractivity contribution in [1.29, 1.82) is 0 Å². The highest BCUT2D eigenvalue weighted by Gasteiger charge is 2.33. The largest absolute Gasteiger partial charge is 0.382 e. The van der Waals surface area contributed by atoms with E-state index in [1.165, 1.54) is 17.3 Å². The second-order valence-corrected chi connectivity index (χ2v) is 5.11. The number of carbonyl (C=O) groups excluding carboxylic acids is 1. The van der Waals surface area contributed by atoms with Gasteiger partial charge in [-0.05, 0) is 20.3 Å². The Hall–Kier alpha value is -1.76. The van der Waals surface area contributed by atoms with E-state index in [9.17, 15) is 9.18 Å². The number of hydrogen-bond donors (Lipinski definition) is 1. The van der Waals surface area contributed by atoms with E-state index >= 15 is 0 Å². The van der Waals surface area contributed by atoms with Crippen LogP contribution in [0.15, 0.2) is 12.4 Å². The maximum atomic E-state index is 14.0. The summed E-state index contributed by atoms with van der Waals surface area (Å²) in [6, 6.07) is 0. The van der Waals surface area contributed by atoms with Crippen LogP contribution in [0.3, 0.4) is 0 Å². The van der Waals surface area contributed by atoms with Crippen molar-refractivity contribution in [1.82, 2.24) is 14.9 Å². The first-order valence-electron chi connectivity index (χ1n) is 6.63. The highest BCUT2D eigenvalue weighted by Crippen LogP contribution is 2.20. The molecule has 2 atom stereocenters. The van der Waals surface area contributed by atoms with E-state index in [4.69, 9.17) is 10.5 Å². The Bertz CT molecular complexity index is 466. The fourth-order valence-corrected chi connectivity index (χ4v) is 2.18. The maximum Gasteiger partial charge on any atom is 0.274 e. The molecule has 0 spiro atoms. The Morgan fingerprint density at radius 1 is 1.50 bits per heavy atom. The van der Waals surface area contributed by atoms with E-state index in [0.29, 0.717) is 13.0 Å². The number of piperidine rings is 1. The van der Waals surface area contributed by atoms with E-state index in [0.717, 1.165) is 0 Å². The van der Waals surface area contributed by atoms with Gasteiger partial charge in [0.1, 0.15) is 17.7 Å². The molecule has 0 unspecified atom stereocenters. The number of carbonyl (C=O) groups is 1. The van der Waals surface area contributed by atoms with E-state index in [1.54, 1.807) is 0 Å². The van der Waals surface area contributed by atoms with Crippen molar-refractivity contribution in [2.75, 3.05) is 18.8 Å². The van der Waals surface area contributed by atoms with E-state index in [1.807, 2.05) is 13.8 Å². The minimum atomic E-state index is -1.18. The standard InChI is InChI=1S/C13H19FN4O2/c1-8(2)20-11-3-4-18(7-9(11)14)13(19)10-5-17-12(15)6-16-10/h5-6,8-9,11H,3-4,7H2,1-2H3,(H2,15,17)/t9-,11+/m1/s1. The van der Waals surface area contributed by atoms with Gasteiger partial charge in [-0.3, -0.25) is 4.79 Å². The van der Waals surface area contributed by atoms with E-state index < -0.39 is 12.3 Å². The average molecular weight is 282 g/mol. The van der Waals surface area contributed by atoms with E-state index in [-0.39, 0.29) is 30.1 Å². The van der Waals surface area contributed by atoms with Crippen molar-refractivity contribution in [2.24, 2.45) is 0 Å². The summed E-state index contributed by atoms with van der Waals surface area (Å²) in [4.78, 5) is 21.3. The first-order valence-corrected chi connectivity index (χ1v) is 6.63. The maximum absolute atomic E-state index is 14.0. The summed E-state index contributed by atoms with van der Waals surface area (Å²) < 4.78 is 19.5. The number of anilines is 1. The molecule has 1 aromatic rings. The molecule has 6 nitrogen and oxygen atoms in total. The second kappa shape index (κ2) is 6.13. The second-order valence-electron chi connectivity index (χ2n) is 5.11. The quantitative estimate of drug-likeness (QED) is 0.895. The molecule has 1 fully saturated rings. The Kier molecular flexibility index (Phi) is 4.49. The molecule has 0 aliphatic carbocycles. The molecule has 2 N–H and O–H groups in total. The number of nitrogens with zero attached hydrogens (tertiary/aromatic N) is 3. The molecular weight excluding hydrogens is 263 g/mol. The number of aromatic nitrogens is 2. The van der Waals surface area contributed by atoms with Crippen molar-refractivity contribution in [2.45, 2.75) is 38.6 Å². The summed E-state index contributed by atoms with van der Waals surface area (Å²) >= 11 is 0. The van der Waals surface area contributed by atoms with Gasteiger partial charge < -0.3 is 15.4 Å². The van der Waals surface area contributed by atoms with Gasteiger partial charge in [0.05, 0.1) is 31.1 Å². The number of hydrogen-bond acceptors (Lipinski definition) is 5. The first kappa shape index (κ1) is 14.6. The molecule has 1 saturated heterocycles. The monoisotopic (exact) mass is 282 g/mol. The molecule has 1 amide bonds. The number of likely N-dealkylation sites (tertiary alicyclic amines) is 1. The summed E-state index contributed by atoms with van der Waals surface area (Å²) in [6.45, 7) is 4.20. The Labute approximate surface area is 117 Å². The molecule has 0 aromatic carbocycles. The van der Waals surface area contributed by atoms with Gasteiger partial charge in [0.25, 0.3) is 5.91 Å². The van der Waals surface area contributed by atoms with Crippen molar-refractivity contribution in [3.8, 4) is 0 Å². The lowest BCUT2D eigenvalue weighted by Gasteiger charge is -2.35. The predicted molar refractivity (Wildman–Crippen MR) is 71.9 cm³/mol. The van der Waals surface area contributed by atoms with Crippen LogP contribution in [0.1, 0.15) is 30.8 Å². The number of rotatable bonds is 3. The minimum absolute atomic E-state index is 0.0161. The summed E-state index contributed by atoms with van der Waals surface area (Å²) in [5, 5.41) is 0. The summed E-state index contributed by atoms with van der Waals surface area (Å²) in [5.74, 6) is -0.0860. The Morgan fingerprint density at radius 2 is 2.25 bits per heavy atom. The van der Waals surface area contributed by atoms with Gasteiger partial charge in [-0.15, -0.1) is 0 Å². The summed E-state index contributed by atoms with van der Waals surface area (Å²) in [5.41, 5.74) is 5.59. The third kappa shape index (κ3) is 3.41. The van der Waals surface area contributed by atoms with Crippen LogP contribution in [0.5, 0.6) is 0 Å². The van der Waals surface area contributed by atoms with Crippen molar-refractivity contribution in [3.05, 3.63) is 18.1 Å². The van der Waals surface area contributed by atoms with E-state index in [2.05, 4.69) is 9.97 Å². The molecule has 0 radical (unpaired) electrons. The Morgan fingerprint density at radius 3 is 2.80 bits per heavy atom. The number of nitrogens with two attached hydrogens (primary N) is 1. The summed E-state index contributed by atoms with van der Waals surface area (Å²) in [6.07, 6.45) is 1.45. The van der Waals surface area contributed by atoms with Crippen LogP contribution < -0.4 is 5.73 Å². The predicted octanol–water partition coefficient (Wildman–Crippen LogP) is 1.04. The SMILES string of the molecule is CC(C)O[C@H]1CCN(C(=O)c2cnc(N)cn2)C[C@H]1F. The fourth-order valence-electron chi connectivity index (χ4n) is 2.18. The van der Waals surface area contributed by atoms with Gasteiger partial charge >= 0.3 is 0 Å². The number of ether oxygens (including phenoxy) is 1. The highest BCUT2D eigenvalue weighted by molar-refractivity contribution is 5.92. The number of alkyl halides is 1. The normalized spacial score (nSPS) is 23.1. The van der Waals surface area contributed by atoms with Crippen molar-refractivity contribution < 1.29 is 13.9 Å². The molecular formula is C13H19FN4O2. The molecule has 1 aromatic heterocycles. The molecule has 110 valence electrons. The molecule has 0 bridgehead atoms. The number of nitrogen functional groups attached to an aromatic ring is 1. The average Bonchev–Trinajstić information content (AvgIpc) is 2.41. The fraction of sp³-hybridized carbons (Fsp3) is 0.615. The summed E-state index contributed by atoms with van der Waals surface area (Å²) in [7, 11) is 0. The van der Waals surface area contributed by atoms with Gasteiger partial charge in [0.2, 0.25) is 0 Å². The lowest BCUT2D eigenvalue weighted by Crippen LogP contribution is -2.48. The lowest BCUT2D eigenvalue weighted by atomic mass is 10.1. The van der Waals surface area contributed by atoms with Crippen LogP contribution in [-0.4, -0.2) is 52.2 Å². The van der Waals surface area contributed by atoms with Gasteiger partial charge in [-0.2, -0.15) is 0 Å². The van der Waals surface area contributed by atoms with Crippen LogP contribution >= 0.6 is 0 Å². The van der Waals surface area contributed by atoms with Crippen LogP contribution in [0.2, 0.25) is 0 Å². The molecule has 2 heterocycles. The van der Waals surface area contributed by atoms with Crippen LogP contribution in [-0.2, 0) is 4.74 Å². The van der Waals surface area contributed by atoms with Crippen molar-refractivity contribution in [3.63, 3.8) is 0 Å². The zero-order valence-corrected chi connectivity index (χ0v) is 11.6. The third-order valence-electron chi connectivity index (χ3n) is 3.11. The van der Waals surface area contributed by atoms with Gasteiger partial charge in [0.15, 0.2) is 0 Å². The highest BCUT2D eigenvalue weighted by atomic mass is 19.1. The third-order valence-corrected chi connectivity index (χ3v) is 3.11. The lowest BCUT2D eigenvalue weighted by molar-refractivity contribution is -0.0666.